The summed E-state index contributed by atoms with van der Waals surface area (Å²) in [6.45, 7) is 3.79. The minimum atomic E-state index is -5.32. The molecule has 2 aliphatic carbocycles. The van der Waals surface area contributed by atoms with Gasteiger partial charge in [0.25, 0.3) is 0 Å². The van der Waals surface area contributed by atoms with E-state index in [-0.39, 0.29) is 23.6 Å². The van der Waals surface area contributed by atoms with Gasteiger partial charge in [-0.05, 0) is 19.9 Å². The molecular weight excluding hydrogens is 673 g/mol. The third-order valence-corrected chi connectivity index (χ3v) is 10.2. The summed E-state index contributed by atoms with van der Waals surface area (Å²) in [6, 6.07) is 3.00. The molecule has 3 saturated heterocycles. The highest BCUT2D eigenvalue weighted by Gasteiger charge is 2.55. The third-order valence-electron chi connectivity index (χ3n) is 10.2. The maximum Gasteiger partial charge on any atom is 0.471 e. The van der Waals surface area contributed by atoms with E-state index in [1.54, 1.807) is 12.2 Å². The second kappa shape index (κ2) is 12.1. The van der Waals surface area contributed by atoms with Crippen LogP contribution in [0.3, 0.4) is 0 Å². The van der Waals surface area contributed by atoms with Crippen molar-refractivity contribution in [2.45, 2.75) is 88.0 Å². The standard InChI is InChI=1S/C33H33F3N2O12/c1-12-28-17(38-7-8-47-30(46-3)29(38)50-28)9-19(48-12)49-18-11-32(45,13(2)39)10-15-21(18)27(43)23-22(25(15)41)24(40)14-5-4-6-16(20(14)26(23)42)37-31(44)33(34,35)36/h4-6,12,17-19,28-30,41,43,45H,7-11H2,1-3H3,(H,37,44)/t12-,17-,18?,19-,28+,29+,30-,32-/m0/s1. The zero-order valence-electron chi connectivity index (χ0n) is 26.9. The lowest BCUT2D eigenvalue weighted by molar-refractivity contribution is -0.256. The van der Waals surface area contributed by atoms with Gasteiger partial charge in [0, 0.05) is 55.6 Å². The van der Waals surface area contributed by atoms with Crippen LogP contribution in [0.1, 0.15) is 75.8 Å². The Bertz CT molecular complexity index is 1820. The number of halogens is 3. The number of carbonyl (C=O) groups is 4. The second-order valence-electron chi connectivity index (χ2n) is 13.0. The van der Waals surface area contributed by atoms with E-state index in [9.17, 15) is 47.7 Å². The van der Waals surface area contributed by atoms with Crippen LogP contribution in [0, 0.1) is 0 Å². The molecule has 0 saturated carbocycles. The molecule has 4 N–H and O–H groups in total. The van der Waals surface area contributed by atoms with E-state index in [2.05, 4.69) is 4.90 Å². The number of Topliss-reactive ketones (excluding diaryl/α,β-unsaturated/α-hetero) is 1. The van der Waals surface area contributed by atoms with Crippen LogP contribution in [0.5, 0.6) is 11.5 Å². The number of methoxy groups -OCH3 is 1. The Labute approximate surface area is 282 Å². The van der Waals surface area contributed by atoms with Gasteiger partial charge in [0.15, 0.2) is 36.2 Å². The number of fused-ring (bicyclic) bond motifs is 6. The highest BCUT2D eigenvalue weighted by Crippen LogP contribution is 2.53. The molecule has 0 aromatic heterocycles. The summed E-state index contributed by atoms with van der Waals surface area (Å²) in [5, 5.41) is 36.4. The highest BCUT2D eigenvalue weighted by atomic mass is 19.4. The molecule has 3 aliphatic heterocycles. The summed E-state index contributed by atoms with van der Waals surface area (Å²) in [6.07, 6.45) is -10.6. The maximum atomic E-state index is 14.0. The minimum absolute atomic E-state index is 0.210. The van der Waals surface area contributed by atoms with Crippen LogP contribution in [-0.2, 0) is 39.7 Å². The summed E-state index contributed by atoms with van der Waals surface area (Å²) in [4.78, 5) is 54.4. The van der Waals surface area contributed by atoms with Crippen LogP contribution in [-0.4, -0.2) is 113 Å². The number of aliphatic hydroxyl groups is 1. The molecule has 1 amide bonds. The smallest absolute Gasteiger partial charge is 0.471 e. The molecule has 1 unspecified atom stereocenters. The number of hydrogen-bond acceptors (Lipinski definition) is 13. The molecule has 8 atom stereocenters. The summed E-state index contributed by atoms with van der Waals surface area (Å²) < 4.78 is 69.2. The van der Waals surface area contributed by atoms with E-state index in [1.807, 2.05) is 0 Å². The fraction of sp³-hybridized carbons (Fsp3) is 0.515. The topological polar surface area (TPSA) is 190 Å². The largest absolute Gasteiger partial charge is 0.507 e. The number of amides is 1. The normalized spacial score (nSPS) is 32.0. The number of phenols is 2. The third kappa shape index (κ3) is 5.30. The average molecular weight is 707 g/mol. The summed E-state index contributed by atoms with van der Waals surface area (Å²) in [7, 11) is 1.50. The number of alkyl halides is 3. The highest BCUT2D eigenvalue weighted by molar-refractivity contribution is 6.32. The lowest BCUT2D eigenvalue weighted by Crippen LogP contribution is -2.55. The Kier molecular flexibility index (Phi) is 8.33. The van der Waals surface area contributed by atoms with Gasteiger partial charge in [-0.1, -0.05) is 12.1 Å². The van der Waals surface area contributed by atoms with Gasteiger partial charge in [-0.25, -0.2) is 0 Å². The number of ketones is 3. The van der Waals surface area contributed by atoms with E-state index >= 15 is 0 Å². The Morgan fingerprint density at radius 3 is 2.48 bits per heavy atom. The van der Waals surface area contributed by atoms with Crippen molar-refractivity contribution in [3.8, 4) is 11.5 Å². The number of anilines is 1. The van der Waals surface area contributed by atoms with E-state index in [0.29, 0.717) is 13.2 Å². The fourth-order valence-electron chi connectivity index (χ4n) is 7.76. The van der Waals surface area contributed by atoms with Crippen LogP contribution in [0.4, 0.5) is 18.9 Å². The number of ether oxygens (including phenoxy) is 5. The molecule has 0 radical (unpaired) electrons. The minimum Gasteiger partial charge on any atom is -0.507 e. The second-order valence-corrected chi connectivity index (χ2v) is 13.0. The monoisotopic (exact) mass is 706 g/mol. The molecule has 2 aromatic rings. The first-order valence-electron chi connectivity index (χ1n) is 15.9. The molecule has 50 heavy (non-hydrogen) atoms. The van der Waals surface area contributed by atoms with Gasteiger partial charge < -0.3 is 44.3 Å². The van der Waals surface area contributed by atoms with Crippen molar-refractivity contribution >= 4 is 28.9 Å². The van der Waals surface area contributed by atoms with Crippen LogP contribution in [0.2, 0.25) is 0 Å². The van der Waals surface area contributed by atoms with E-state index in [4.69, 9.17) is 23.7 Å². The molecule has 7 rings (SSSR count). The van der Waals surface area contributed by atoms with Gasteiger partial charge in [0.2, 0.25) is 0 Å². The predicted molar refractivity (Wildman–Crippen MR) is 160 cm³/mol. The van der Waals surface area contributed by atoms with Gasteiger partial charge >= 0.3 is 12.1 Å². The predicted octanol–water partition coefficient (Wildman–Crippen LogP) is 2.23. The van der Waals surface area contributed by atoms with E-state index in [0.717, 1.165) is 25.1 Å². The van der Waals surface area contributed by atoms with Crippen LogP contribution >= 0.6 is 0 Å². The lowest BCUT2D eigenvalue weighted by atomic mass is 9.72. The number of benzene rings is 2. The van der Waals surface area contributed by atoms with Gasteiger partial charge in [-0.15, -0.1) is 0 Å². The van der Waals surface area contributed by atoms with Crippen molar-refractivity contribution in [2.75, 3.05) is 25.6 Å². The Morgan fingerprint density at radius 1 is 1.08 bits per heavy atom. The number of morpholine rings is 1. The molecule has 0 bridgehead atoms. The fourth-order valence-corrected chi connectivity index (χ4v) is 7.76. The summed E-state index contributed by atoms with van der Waals surface area (Å²) >= 11 is 0. The van der Waals surface area contributed by atoms with Crippen molar-refractivity contribution in [3.63, 3.8) is 0 Å². The molecule has 3 heterocycles. The quantitative estimate of drug-likeness (QED) is 0.283. The van der Waals surface area contributed by atoms with E-state index in [1.165, 1.54) is 7.11 Å². The van der Waals surface area contributed by atoms with Crippen LogP contribution in [0.25, 0.3) is 0 Å². The zero-order chi connectivity index (χ0) is 36.0. The van der Waals surface area contributed by atoms with Gasteiger partial charge in [-0.2, -0.15) is 13.2 Å². The molecular formula is C33H33F3N2O12. The van der Waals surface area contributed by atoms with Crippen molar-refractivity contribution in [3.05, 3.63) is 51.6 Å². The van der Waals surface area contributed by atoms with Gasteiger partial charge in [-0.3, -0.25) is 24.1 Å². The molecule has 0 spiro atoms. The van der Waals surface area contributed by atoms with Crippen molar-refractivity contribution in [1.82, 2.24) is 4.90 Å². The van der Waals surface area contributed by atoms with Crippen molar-refractivity contribution < 1.29 is 71.4 Å². The molecule has 17 heteroatoms. The van der Waals surface area contributed by atoms with Crippen molar-refractivity contribution in [1.29, 1.82) is 0 Å². The number of nitrogens with zero attached hydrogens (tertiary/aromatic N) is 1. The van der Waals surface area contributed by atoms with Crippen LogP contribution in [0.15, 0.2) is 18.2 Å². The van der Waals surface area contributed by atoms with Gasteiger partial charge in [0.1, 0.15) is 23.2 Å². The summed E-state index contributed by atoms with van der Waals surface area (Å²) in [5.41, 5.74) is -5.71. The molecule has 2 aromatic carbocycles. The molecule has 268 valence electrons. The average Bonchev–Trinajstić information content (AvgIpc) is 3.44. The van der Waals surface area contributed by atoms with Gasteiger partial charge in [0.05, 0.1) is 41.2 Å². The van der Waals surface area contributed by atoms with Crippen LogP contribution < -0.4 is 5.32 Å². The number of phenolic OH excluding ortho intramolecular Hbond substituents is 2. The number of hydrogen-bond donors (Lipinski definition) is 4. The molecule has 3 fully saturated rings. The lowest BCUT2D eigenvalue weighted by Gasteiger charge is -2.43. The maximum absolute atomic E-state index is 14.0. The zero-order valence-corrected chi connectivity index (χ0v) is 26.9. The Morgan fingerprint density at radius 2 is 1.80 bits per heavy atom. The van der Waals surface area contributed by atoms with Crippen molar-refractivity contribution in [2.24, 2.45) is 0 Å². The Hall–Kier alpha value is -3.97. The number of aromatic hydroxyl groups is 2. The summed E-state index contributed by atoms with van der Waals surface area (Å²) in [5.74, 6) is -6.97. The van der Waals surface area contributed by atoms with E-state index < -0.39 is 124 Å². The number of carbonyl (C=O) groups excluding carboxylic acids is 4. The first kappa shape index (κ1) is 34.5. The Balaban J connectivity index is 1.28. The molecule has 5 aliphatic rings. The first-order valence-corrected chi connectivity index (χ1v) is 15.9. The number of rotatable bonds is 5. The first-order chi connectivity index (χ1) is 23.6. The molecule has 14 nitrogen and oxygen atoms in total. The number of nitrogens with one attached hydrogen (secondary N) is 1. The SMILES string of the molecule is CO[C@H]1OCCN2[C@@H]1O[C@@H]1[C@H](C)O[C@@H](OC3C[C@](O)(C(C)=O)Cc4c(O)c5c(c(O)c43)C(=O)c3c(NC(=O)C(F)(F)F)cccc3C5=O)C[C@@H]12.